The van der Waals surface area contributed by atoms with Crippen molar-refractivity contribution in [2.24, 2.45) is 0 Å². The lowest BCUT2D eigenvalue weighted by molar-refractivity contribution is -0.166. The summed E-state index contributed by atoms with van der Waals surface area (Å²) in [7, 11) is 0. The highest BCUT2D eigenvalue weighted by Crippen LogP contribution is 2.89. The Kier molecular flexibility index (Phi) is 2.64. The fourth-order valence-corrected chi connectivity index (χ4v) is 26.3. The van der Waals surface area contributed by atoms with Crippen molar-refractivity contribution in [3.05, 3.63) is 58.1 Å². The second-order valence-electron chi connectivity index (χ2n) is 26.7. The van der Waals surface area contributed by atoms with Crippen LogP contribution < -0.4 is 0 Å². The van der Waals surface area contributed by atoms with Gasteiger partial charge in [-0.25, -0.2) is 4.79 Å². The van der Waals surface area contributed by atoms with Crippen LogP contribution in [0.3, 0.4) is 0 Å². The zero-order valence-corrected chi connectivity index (χ0v) is 38.8. The minimum Gasteiger partial charge on any atom is -0.463 e. The van der Waals surface area contributed by atoms with Crippen LogP contribution in [0, 0.1) is 11.3 Å². The highest BCUT2D eigenvalue weighted by Gasteiger charge is 2.86. The minimum absolute atomic E-state index is 0.154. The standard InChI is InChI=1S/C72H11NO3/c1-2-75-69(74)70(8-73)72-66-60-54-44-32-24-16-12-10-11-14-18(16)26(32)36-30-22(14)23-15(11)19-17-13(10)21-20(12)28-34(24)42-48-38(28)39-29(21)35-25(17)33-27(19)37-31(23)41-40(30)52(46(36)54)62(66)63-53(41)47(37)55-45(33)51-43(35)49(39)57-56(48)64(58(60)50(42)44)71(72,65(57)59(51)61(55)67(63)72)68(76-70)9-6-4-3-5-7-9/h3-7,68H,2H2,1H3/t68-,70-,71?,72?/m1/s1. The maximum Gasteiger partial charge on any atom is 0.354 e. The highest BCUT2D eigenvalue weighted by molar-refractivity contribution is 6.82. The molecular weight excluding hydrogens is 927 g/mol. The molecule has 0 radical (unpaired) electrons. The van der Waals surface area contributed by atoms with Gasteiger partial charge in [-0.15, -0.1) is 0 Å². The predicted molar refractivity (Wildman–Crippen MR) is 309 cm³/mol. The Balaban J connectivity index is 1.15. The molecule has 76 heavy (non-hydrogen) atoms. The lowest BCUT2D eigenvalue weighted by atomic mass is 9.43. The molecule has 2 atom stereocenters. The SMILES string of the molecule is CCOC(=O)[C@@]1(C#N)O[C@H](c2ccccc2)C23c4c5c6c7c8c9c(c%10c%11c2c2c4c4c%12c5c5c6c6c8c8c%13c9c9c%10c%10c%11c%11c2c2c4c4c%12c%12c5c5c6c8c6c8c%13c9c9c%10c%10c%11c2c2c4c4c%12c5c6c5c8c9c%10c2c45)C731. The summed E-state index contributed by atoms with van der Waals surface area (Å²) in [5, 5.41) is 93.2. The van der Waals surface area contributed by atoms with E-state index in [1.54, 1.807) is 64.6 Å². The van der Waals surface area contributed by atoms with Crippen molar-refractivity contribution >= 4 is 297 Å². The van der Waals surface area contributed by atoms with E-state index in [1.165, 1.54) is 248 Å². The van der Waals surface area contributed by atoms with Gasteiger partial charge >= 0.3 is 5.97 Å². The van der Waals surface area contributed by atoms with Gasteiger partial charge in [-0.1, -0.05) is 30.3 Å². The molecule has 34 rings (SSSR count). The van der Waals surface area contributed by atoms with Crippen LogP contribution in [0.5, 0.6) is 0 Å². The van der Waals surface area contributed by atoms with E-state index in [0.29, 0.717) is 0 Å². The van der Waals surface area contributed by atoms with Crippen molar-refractivity contribution in [3.8, 4) is 6.07 Å². The maximum atomic E-state index is 16.5. The van der Waals surface area contributed by atoms with E-state index in [1.807, 2.05) is 6.92 Å². The average molecular weight is 938 g/mol. The molecule has 2 spiro atoms. The Bertz CT molecular complexity index is 7520. The second-order valence-corrected chi connectivity index (χ2v) is 26.7. The molecule has 4 heteroatoms. The minimum atomic E-state index is -2.05. The van der Waals surface area contributed by atoms with Crippen molar-refractivity contribution in [1.29, 1.82) is 5.26 Å². The van der Waals surface area contributed by atoms with Crippen LogP contribution in [-0.2, 0) is 25.1 Å². The molecule has 0 saturated carbocycles. The predicted octanol–water partition coefficient (Wildman–Crippen LogP) is 17.9. The molecule has 0 N–H and O–H groups in total. The van der Waals surface area contributed by atoms with Gasteiger partial charge in [0.2, 0.25) is 0 Å². The molecule has 0 bridgehead atoms. The smallest absolute Gasteiger partial charge is 0.354 e. The molecule has 29 aromatic carbocycles. The van der Waals surface area contributed by atoms with Gasteiger partial charge < -0.3 is 9.47 Å². The summed E-state index contributed by atoms with van der Waals surface area (Å²) in [4.78, 5) is 16.5. The Morgan fingerprint density at radius 1 is 0.382 bits per heavy atom. The van der Waals surface area contributed by atoms with Crippen LogP contribution in [0.4, 0.5) is 0 Å². The fraction of sp³-hybridized carbons (Fsp3) is 0.0833. The van der Waals surface area contributed by atoms with Crippen molar-refractivity contribution in [3.63, 3.8) is 0 Å². The van der Waals surface area contributed by atoms with Gasteiger partial charge in [0.25, 0.3) is 5.60 Å². The average Bonchev–Trinajstić information content (AvgIpc) is 1.56. The lowest BCUT2D eigenvalue weighted by Gasteiger charge is -2.53. The van der Waals surface area contributed by atoms with Gasteiger partial charge in [-0.3, -0.25) is 0 Å². The third-order valence-electron chi connectivity index (χ3n) is 26.4. The number of hydrogen-bond donors (Lipinski definition) is 0. The van der Waals surface area contributed by atoms with Crippen LogP contribution in [-0.4, -0.2) is 18.2 Å². The molecule has 29 aromatic rings. The first-order valence-corrected chi connectivity index (χ1v) is 27.8. The van der Waals surface area contributed by atoms with Gasteiger partial charge in [-0.05, 0) is 326 Å². The van der Waals surface area contributed by atoms with Crippen molar-refractivity contribution < 1.29 is 14.3 Å². The molecule has 1 saturated heterocycles. The van der Waals surface area contributed by atoms with Crippen molar-refractivity contribution in [2.45, 2.75) is 29.5 Å². The number of benzene rings is 19. The Morgan fingerprint density at radius 2 is 0.605 bits per heavy atom. The van der Waals surface area contributed by atoms with E-state index < -0.39 is 28.5 Å². The normalized spacial score (nSPS) is 24.4. The first-order chi connectivity index (χ1) is 37.7. The van der Waals surface area contributed by atoms with Crippen LogP contribution >= 0.6 is 0 Å². The monoisotopic (exact) mass is 937 g/mol. The number of esters is 1. The van der Waals surface area contributed by atoms with E-state index in [0.717, 1.165) is 5.56 Å². The van der Waals surface area contributed by atoms with Crippen LogP contribution in [0.25, 0.3) is 291 Å². The number of ether oxygens (including phenoxy) is 2. The van der Waals surface area contributed by atoms with Gasteiger partial charge in [-0.2, -0.15) is 5.26 Å². The Morgan fingerprint density at radius 3 is 0.829 bits per heavy atom. The molecule has 1 fully saturated rings. The van der Waals surface area contributed by atoms with Crippen molar-refractivity contribution in [2.75, 3.05) is 6.61 Å². The zero-order valence-electron chi connectivity index (χ0n) is 38.8. The zero-order chi connectivity index (χ0) is 46.1. The number of nitrogens with zero attached hydrogens (tertiary/aromatic N) is 1. The first kappa shape index (κ1) is 29.5. The molecule has 4 aliphatic carbocycles. The van der Waals surface area contributed by atoms with Gasteiger partial charge in [0, 0.05) is 0 Å². The van der Waals surface area contributed by atoms with Gasteiger partial charge in [0.15, 0.2) is 0 Å². The number of carbonyl (C=O) groups excluding carboxylic acids is 1. The summed E-state index contributed by atoms with van der Waals surface area (Å²) >= 11 is 0. The summed E-state index contributed by atoms with van der Waals surface area (Å²) in [6.45, 7) is 2.07. The third-order valence-corrected chi connectivity index (χ3v) is 26.4. The highest BCUT2D eigenvalue weighted by atomic mass is 16.6. The summed E-state index contributed by atoms with van der Waals surface area (Å²) in [6, 6.07) is 13.9. The lowest BCUT2D eigenvalue weighted by Crippen LogP contribution is -2.63. The topological polar surface area (TPSA) is 59.3 Å². The van der Waals surface area contributed by atoms with Crippen molar-refractivity contribution in [1.82, 2.24) is 0 Å². The largest absolute Gasteiger partial charge is 0.463 e. The summed E-state index contributed by atoms with van der Waals surface area (Å²) in [5.74, 6) is -0.534. The molecule has 5 aliphatic rings. The first-order valence-electron chi connectivity index (χ1n) is 27.8. The van der Waals surface area contributed by atoms with E-state index in [-0.39, 0.29) is 6.61 Å². The number of nitriles is 1. The van der Waals surface area contributed by atoms with Crippen LogP contribution in [0.1, 0.15) is 40.8 Å². The van der Waals surface area contributed by atoms with Gasteiger partial charge in [0.05, 0.1) is 17.4 Å². The third kappa shape index (κ3) is 1.57. The van der Waals surface area contributed by atoms with Crippen LogP contribution in [0.2, 0.25) is 0 Å². The molecule has 0 aromatic heterocycles. The Labute approximate surface area is 414 Å². The fourth-order valence-electron chi connectivity index (χ4n) is 26.3. The summed E-state index contributed by atoms with van der Waals surface area (Å²) in [6.07, 6.45) is -0.687. The molecule has 1 aliphatic heterocycles. The molecule has 322 valence electrons. The molecule has 1 heterocycles. The Hall–Kier alpha value is -9.40. The van der Waals surface area contributed by atoms with E-state index in [9.17, 15) is 5.26 Å². The maximum absolute atomic E-state index is 16.5. The molecule has 0 unspecified atom stereocenters. The molecule has 0 amide bonds. The van der Waals surface area contributed by atoms with Gasteiger partial charge in [0.1, 0.15) is 12.2 Å². The number of carbonyl (C=O) groups is 1. The molecule has 4 nitrogen and oxygen atoms in total. The second kappa shape index (κ2) is 6.80. The summed E-state index contributed by atoms with van der Waals surface area (Å²) in [5.41, 5.74) is 1.82. The number of rotatable bonds is 3. The quantitative estimate of drug-likeness (QED) is 0.131. The number of hydrogen-bond acceptors (Lipinski definition) is 4. The summed E-state index contributed by atoms with van der Waals surface area (Å²) < 4.78 is 14.8. The molecular formula is C72H11NO3. The van der Waals surface area contributed by atoms with E-state index >= 15 is 4.79 Å². The van der Waals surface area contributed by atoms with E-state index in [4.69, 9.17) is 9.47 Å². The van der Waals surface area contributed by atoms with E-state index in [2.05, 4.69) is 36.4 Å². The van der Waals surface area contributed by atoms with Crippen LogP contribution in [0.15, 0.2) is 30.3 Å².